The van der Waals surface area contributed by atoms with E-state index >= 15 is 0 Å². The lowest BCUT2D eigenvalue weighted by Gasteiger charge is -2.34. The minimum absolute atomic E-state index is 0.108. The number of aromatic amines is 2. The second kappa shape index (κ2) is 9.56. The lowest BCUT2D eigenvalue weighted by Crippen LogP contribution is -2.45. The van der Waals surface area contributed by atoms with Gasteiger partial charge in [-0.3, -0.25) is 9.69 Å². The molecule has 0 radical (unpaired) electrons. The number of nitrogens with one attached hydrogen (secondary N) is 3. The van der Waals surface area contributed by atoms with Crippen molar-refractivity contribution in [2.75, 3.05) is 38.0 Å². The van der Waals surface area contributed by atoms with Gasteiger partial charge in [0.2, 0.25) is 5.56 Å². The molecule has 8 heteroatoms. The zero-order chi connectivity index (χ0) is 22.6. The van der Waals surface area contributed by atoms with E-state index in [1.807, 2.05) is 0 Å². The van der Waals surface area contributed by atoms with Crippen LogP contribution in [0.15, 0.2) is 59.8 Å². The van der Waals surface area contributed by atoms with Crippen molar-refractivity contribution in [3.63, 3.8) is 0 Å². The van der Waals surface area contributed by atoms with Gasteiger partial charge in [0.25, 0.3) is 0 Å². The van der Waals surface area contributed by atoms with Crippen LogP contribution >= 0.6 is 0 Å². The second-order valence-electron chi connectivity index (χ2n) is 8.49. The molecule has 0 amide bonds. The first-order chi connectivity index (χ1) is 16.2. The molecular formula is C25H29N7O. The summed E-state index contributed by atoms with van der Waals surface area (Å²) in [6.07, 6.45) is 3.26. The Morgan fingerprint density at radius 1 is 0.970 bits per heavy atom. The number of benzene rings is 1. The first-order valence-electron chi connectivity index (χ1n) is 11.5. The summed E-state index contributed by atoms with van der Waals surface area (Å²) in [4.78, 5) is 31.2. The Morgan fingerprint density at radius 3 is 2.45 bits per heavy atom. The quantitative estimate of drug-likeness (QED) is 0.407. The molecule has 0 atom stereocenters. The summed E-state index contributed by atoms with van der Waals surface area (Å²) in [6, 6.07) is 14.2. The molecule has 1 aromatic carbocycles. The number of hydrogen-bond donors (Lipinski definition) is 3. The molecule has 1 saturated heterocycles. The lowest BCUT2D eigenvalue weighted by molar-refractivity contribution is 0.132. The summed E-state index contributed by atoms with van der Waals surface area (Å²) in [7, 11) is 0. The van der Waals surface area contributed by atoms with E-state index in [2.05, 4.69) is 72.3 Å². The van der Waals surface area contributed by atoms with Gasteiger partial charge in [0.1, 0.15) is 17.8 Å². The molecular weight excluding hydrogens is 414 g/mol. The standard InChI is InChI=1S/C25H29N7O/c1-2-31-9-11-32(12-10-31)16-18-3-6-20(7-4-18)22-13-21-24(28-17-29-25(21)30-22)27-15-19-5-8-23(33)26-14-19/h3-8,13-14,17H,2,9-12,15-16H2,1H3,(H,26,33)(H2,27,28,29,30). The maximum atomic E-state index is 11.2. The van der Waals surface area contributed by atoms with Gasteiger partial charge in [-0.25, -0.2) is 9.97 Å². The summed E-state index contributed by atoms with van der Waals surface area (Å²) >= 11 is 0. The highest BCUT2D eigenvalue weighted by atomic mass is 16.1. The fraction of sp³-hybridized carbons (Fsp3) is 0.320. The second-order valence-corrected chi connectivity index (χ2v) is 8.49. The third-order valence-electron chi connectivity index (χ3n) is 6.32. The van der Waals surface area contributed by atoms with E-state index in [1.165, 1.54) is 11.6 Å². The van der Waals surface area contributed by atoms with Gasteiger partial charge >= 0.3 is 0 Å². The molecule has 1 fully saturated rings. The fourth-order valence-electron chi connectivity index (χ4n) is 4.29. The van der Waals surface area contributed by atoms with E-state index in [-0.39, 0.29) is 5.56 Å². The lowest BCUT2D eigenvalue weighted by atomic mass is 10.1. The summed E-state index contributed by atoms with van der Waals surface area (Å²) in [5, 5.41) is 4.29. The molecule has 0 spiro atoms. The molecule has 5 rings (SSSR count). The number of aromatic nitrogens is 4. The van der Waals surface area contributed by atoms with Crippen molar-refractivity contribution in [2.24, 2.45) is 0 Å². The zero-order valence-electron chi connectivity index (χ0n) is 18.8. The zero-order valence-corrected chi connectivity index (χ0v) is 18.8. The van der Waals surface area contributed by atoms with Gasteiger partial charge in [0.15, 0.2) is 0 Å². The molecule has 3 N–H and O–H groups in total. The number of H-pyrrole nitrogens is 2. The van der Waals surface area contributed by atoms with Crippen LogP contribution < -0.4 is 10.9 Å². The van der Waals surface area contributed by atoms with Crippen molar-refractivity contribution >= 4 is 16.9 Å². The first-order valence-corrected chi connectivity index (χ1v) is 11.5. The Morgan fingerprint density at radius 2 is 1.73 bits per heavy atom. The predicted octanol–water partition coefficient (Wildman–Crippen LogP) is 3.06. The van der Waals surface area contributed by atoms with Crippen LogP contribution in [0.3, 0.4) is 0 Å². The number of likely N-dealkylation sites (N-methyl/N-ethyl adjacent to an activating group) is 1. The molecule has 33 heavy (non-hydrogen) atoms. The Labute approximate surface area is 192 Å². The number of piperazine rings is 1. The van der Waals surface area contributed by atoms with Gasteiger partial charge in [-0.1, -0.05) is 37.3 Å². The summed E-state index contributed by atoms with van der Waals surface area (Å²) < 4.78 is 0. The minimum atomic E-state index is -0.108. The molecule has 1 aliphatic rings. The Balaban J connectivity index is 1.28. The Hall–Kier alpha value is -3.49. The highest BCUT2D eigenvalue weighted by Crippen LogP contribution is 2.27. The first kappa shape index (κ1) is 21.4. The van der Waals surface area contributed by atoms with Gasteiger partial charge in [-0.15, -0.1) is 0 Å². The van der Waals surface area contributed by atoms with Crippen molar-refractivity contribution in [1.82, 2.24) is 29.7 Å². The van der Waals surface area contributed by atoms with E-state index in [4.69, 9.17) is 0 Å². The van der Waals surface area contributed by atoms with Crippen molar-refractivity contribution in [3.05, 3.63) is 76.5 Å². The van der Waals surface area contributed by atoms with Crippen molar-refractivity contribution < 1.29 is 0 Å². The number of hydrogen-bond acceptors (Lipinski definition) is 6. The smallest absolute Gasteiger partial charge is 0.247 e. The minimum Gasteiger partial charge on any atom is -0.365 e. The maximum absolute atomic E-state index is 11.2. The van der Waals surface area contributed by atoms with Crippen LogP contribution in [0, 0.1) is 0 Å². The molecule has 170 valence electrons. The van der Waals surface area contributed by atoms with E-state index < -0.39 is 0 Å². The van der Waals surface area contributed by atoms with Crippen LogP contribution in [0.25, 0.3) is 22.3 Å². The number of fused-ring (bicyclic) bond motifs is 1. The highest BCUT2D eigenvalue weighted by molar-refractivity contribution is 5.91. The average Bonchev–Trinajstić information content (AvgIpc) is 3.30. The Kier molecular flexibility index (Phi) is 6.19. The van der Waals surface area contributed by atoms with Gasteiger partial charge < -0.3 is 20.2 Å². The molecule has 4 heterocycles. The highest BCUT2D eigenvalue weighted by Gasteiger charge is 2.15. The van der Waals surface area contributed by atoms with Crippen LogP contribution in [0.1, 0.15) is 18.1 Å². The summed E-state index contributed by atoms with van der Waals surface area (Å²) in [6.45, 7) is 9.50. The van der Waals surface area contributed by atoms with E-state index in [9.17, 15) is 4.79 Å². The SMILES string of the molecule is CCN1CCN(Cc2ccc(-c3cc4c(NCc5ccc(=O)[nH]c5)ncnc4[nH]3)cc2)CC1. The van der Waals surface area contributed by atoms with E-state index in [1.54, 1.807) is 18.6 Å². The molecule has 1 aliphatic heterocycles. The molecule has 0 aliphatic carbocycles. The molecule has 8 nitrogen and oxygen atoms in total. The van der Waals surface area contributed by atoms with Crippen LogP contribution in [0.2, 0.25) is 0 Å². The summed E-state index contributed by atoms with van der Waals surface area (Å²) in [5.74, 6) is 0.761. The summed E-state index contributed by atoms with van der Waals surface area (Å²) in [5.41, 5.74) is 5.14. The van der Waals surface area contributed by atoms with E-state index in [0.29, 0.717) is 6.54 Å². The van der Waals surface area contributed by atoms with Crippen LogP contribution in [-0.2, 0) is 13.1 Å². The third kappa shape index (κ3) is 4.97. The molecule has 3 aromatic heterocycles. The fourth-order valence-corrected chi connectivity index (χ4v) is 4.29. The predicted molar refractivity (Wildman–Crippen MR) is 131 cm³/mol. The molecule has 0 saturated carbocycles. The van der Waals surface area contributed by atoms with Gasteiger partial charge in [0, 0.05) is 57.2 Å². The largest absolute Gasteiger partial charge is 0.365 e. The van der Waals surface area contributed by atoms with Crippen molar-refractivity contribution in [2.45, 2.75) is 20.0 Å². The van der Waals surface area contributed by atoms with Crippen molar-refractivity contribution in [3.8, 4) is 11.3 Å². The van der Waals surface area contributed by atoms with Gasteiger partial charge in [-0.05, 0) is 29.3 Å². The van der Waals surface area contributed by atoms with Crippen LogP contribution in [-0.4, -0.2) is 62.5 Å². The number of nitrogens with zero attached hydrogens (tertiary/aromatic N) is 4. The van der Waals surface area contributed by atoms with Crippen molar-refractivity contribution in [1.29, 1.82) is 0 Å². The normalized spacial score (nSPS) is 15.2. The topological polar surface area (TPSA) is 92.9 Å². The maximum Gasteiger partial charge on any atom is 0.247 e. The van der Waals surface area contributed by atoms with Gasteiger partial charge in [0.05, 0.1) is 5.39 Å². The van der Waals surface area contributed by atoms with Crippen LogP contribution in [0.5, 0.6) is 0 Å². The van der Waals surface area contributed by atoms with E-state index in [0.717, 1.165) is 72.9 Å². The molecule has 0 unspecified atom stereocenters. The number of pyridine rings is 1. The number of anilines is 1. The monoisotopic (exact) mass is 443 g/mol. The Bertz CT molecular complexity index is 1250. The number of rotatable bonds is 7. The average molecular weight is 444 g/mol. The third-order valence-corrected chi connectivity index (χ3v) is 6.32. The molecule has 4 aromatic rings. The van der Waals surface area contributed by atoms with Crippen LogP contribution in [0.4, 0.5) is 5.82 Å². The van der Waals surface area contributed by atoms with Gasteiger partial charge in [-0.2, -0.15) is 0 Å². The molecule has 0 bridgehead atoms.